The first-order chi connectivity index (χ1) is 13.5. The number of para-hydroxylation sites is 1. The summed E-state index contributed by atoms with van der Waals surface area (Å²) in [4.78, 5) is 48.3. The zero-order chi connectivity index (χ0) is 21.8. The second-order valence-electron chi connectivity index (χ2n) is 7.89. The number of benzene rings is 1. The van der Waals surface area contributed by atoms with Crippen LogP contribution in [0.5, 0.6) is 0 Å². The lowest BCUT2D eigenvalue weighted by Gasteiger charge is -2.24. The molecule has 1 aromatic rings. The Morgan fingerprint density at radius 1 is 1.24 bits per heavy atom. The molecule has 0 aromatic heterocycles. The third-order valence-corrected chi connectivity index (χ3v) is 4.41. The summed E-state index contributed by atoms with van der Waals surface area (Å²) in [7, 11) is 0. The van der Waals surface area contributed by atoms with Crippen molar-refractivity contribution in [2.45, 2.75) is 51.4 Å². The molecule has 1 aliphatic heterocycles. The molecule has 0 spiro atoms. The first-order valence-corrected chi connectivity index (χ1v) is 9.25. The van der Waals surface area contributed by atoms with E-state index in [2.05, 4.69) is 16.0 Å². The lowest BCUT2D eigenvalue weighted by molar-refractivity contribution is -0.522. The first-order valence-electron chi connectivity index (χ1n) is 9.25. The maximum atomic E-state index is 13.0. The van der Waals surface area contributed by atoms with Gasteiger partial charge in [0.25, 0.3) is 0 Å². The van der Waals surface area contributed by atoms with Crippen molar-refractivity contribution in [3.8, 4) is 0 Å². The highest BCUT2D eigenvalue weighted by Gasteiger charge is 2.52. The molecule has 1 saturated heterocycles. The topological polar surface area (TPSA) is 140 Å². The molecule has 0 radical (unpaired) electrons. The highest BCUT2D eigenvalue weighted by molar-refractivity contribution is 6.00. The van der Waals surface area contributed by atoms with E-state index in [0.717, 1.165) is 0 Å². The molecule has 1 fully saturated rings. The number of anilines is 1. The van der Waals surface area contributed by atoms with Crippen molar-refractivity contribution in [2.75, 3.05) is 11.9 Å². The van der Waals surface area contributed by atoms with Crippen LogP contribution in [0.4, 0.5) is 10.5 Å². The van der Waals surface area contributed by atoms with E-state index in [4.69, 9.17) is 4.74 Å². The zero-order valence-corrected chi connectivity index (χ0v) is 16.8. The van der Waals surface area contributed by atoms with Crippen LogP contribution in [-0.2, 0) is 14.3 Å². The maximum Gasteiger partial charge on any atom is 0.414 e. The van der Waals surface area contributed by atoms with E-state index >= 15 is 0 Å². The largest absolute Gasteiger partial charge is 0.444 e. The second kappa shape index (κ2) is 8.99. The van der Waals surface area contributed by atoms with Crippen molar-refractivity contribution in [3.63, 3.8) is 0 Å². The van der Waals surface area contributed by atoms with Gasteiger partial charge in [-0.2, -0.15) is 0 Å². The van der Waals surface area contributed by atoms with E-state index in [0.29, 0.717) is 5.69 Å². The van der Waals surface area contributed by atoms with Gasteiger partial charge in [-0.05, 0) is 39.8 Å². The van der Waals surface area contributed by atoms with Crippen molar-refractivity contribution < 1.29 is 24.0 Å². The molecule has 0 saturated carbocycles. The van der Waals surface area contributed by atoms with E-state index in [1.54, 1.807) is 52.0 Å². The average molecular weight is 406 g/mol. The minimum atomic E-state index is -1.28. The standard InChI is InChI=1S/C19H26N4O6/c1-11(21-12-8-6-5-7-9-12)16(24)14-13(23(27)28)10-20-15(14)17(25)22-18(26)29-19(2,3)4/h5-9,11,13-15,20-21H,10H2,1-4H3,(H,22,25,26)/t11-,13?,14?,15-/m0/s1. The molecule has 158 valence electrons. The molecule has 0 aliphatic carbocycles. The van der Waals surface area contributed by atoms with Crippen molar-refractivity contribution >= 4 is 23.5 Å². The minimum absolute atomic E-state index is 0.159. The molecule has 1 aliphatic rings. The van der Waals surface area contributed by atoms with Gasteiger partial charge in [0.15, 0.2) is 5.78 Å². The fourth-order valence-electron chi connectivity index (χ4n) is 3.17. The van der Waals surface area contributed by atoms with Gasteiger partial charge in [-0.15, -0.1) is 0 Å². The van der Waals surface area contributed by atoms with Gasteiger partial charge in [-0.25, -0.2) is 4.79 Å². The van der Waals surface area contributed by atoms with Crippen molar-refractivity contribution in [1.29, 1.82) is 0 Å². The Balaban J connectivity index is 2.15. The van der Waals surface area contributed by atoms with Crippen LogP contribution in [0.1, 0.15) is 27.7 Å². The zero-order valence-electron chi connectivity index (χ0n) is 16.8. The van der Waals surface area contributed by atoms with Crippen molar-refractivity contribution in [3.05, 3.63) is 40.4 Å². The Morgan fingerprint density at radius 2 is 1.86 bits per heavy atom. The summed E-state index contributed by atoms with van der Waals surface area (Å²) in [6.07, 6.45) is -0.976. The monoisotopic (exact) mass is 406 g/mol. The summed E-state index contributed by atoms with van der Waals surface area (Å²) in [5.74, 6) is -2.57. The quantitative estimate of drug-likeness (QED) is 0.475. The Labute approximate surface area is 168 Å². The lowest BCUT2D eigenvalue weighted by atomic mass is 9.88. The molecular weight excluding hydrogens is 380 g/mol. The number of carbonyl (C=O) groups is 3. The second-order valence-corrected chi connectivity index (χ2v) is 7.89. The maximum absolute atomic E-state index is 13.0. The molecule has 10 heteroatoms. The number of ether oxygens (including phenoxy) is 1. The number of nitro groups is 1. The number of ketones is 1. The molecule has 4 atom stereocenters. The number of imide groups is 1. The number of hydrogen-bond donors (Lipinski definition) is 3. The summed E-state index contributed by atoms with van der Waals surface area (Å²) in [6.45, 7) is 6.33. The van der Waals surface area contributed by atoms with Gasteiger partial charge in [0.2, 0.25) is 11.9 Å². The van der Waals surface area contributed by atoms with Crippen LogP contribution in [0.2, 0.25) is 0 Å². The third kappa shape index (κ3) is 5.98. The number of hydrogen-bond acceptors (Lipinski definition) is 8. The molecule has 1 aromatic carbocycles. The van der Waals surface area contributed by atoms with Gasteiger partial charge in [-0.1, -0.05) is 18.2 Å². The van der Waals surface area contributed by atoms with E-state index in [1.165, 1.54) is 0 Å². The smallest absolute Gasteiger partial charge is 0.414 e. The predicted octanol–water partition coefficient (Wildman–Crippen LogP) is 1.34. The lowest BCUT2D eigenvalue weighted by Crippen LogP contribution is -2.52. The van der Waals surface area contributed by atoms with Gasteiger partial charge in [0.1, 0.15) is 17.6 Å². The summed E-state index contributed by atoms with van der Waals surface area (Å²) in [5.41, 5.74) is -0.146. The van der Waals surface area contributed by atoms with Crippen LogP contribution in [0, 0.1) is 16.0 Å². The van der Waals surface area contributed by atoms with E-state index in [1.807, 2.05) is 6.07 Å². The molecule has 10 nitrogen and oxygen atoms in total. The van der Waals surface area contributed by atoms with E-state index in [-0.39, 0.29) is 6.54 Å². The van der Waals surface area contributed by atoms with Gasteiger partial charge >= 0.3 is 6.09 Å². The van der Waals surface area contributed by atoms with Gasteiger partial charge in [-0.3, -0.25) is 30.3 Å². The number of nitrogens with zero attached hydrogens (tertiary/aromatic N) is 1. The normalized spacial score (nSPS) is 22.4. The Hall–Kier alpha value is -3.01. The SMILES string of the molecule is C[C@H](Nc1ccccc1)C(=O)C1C([N+](=O)[O-])CN[C@@H]1C(=O)NC(=O)OC(C)(C)C. The summed E-state index contributed by atoms with van der Waals surface area (Å²) >= 11 is 0. The van der Waals surface area contributed by atoms with Crippen LogP contribution in [0.15, 0.2) is 30.3 Å². The number of amides is 2. The summed E-state index contributed by atoms with van der Waals surface area (Å²) in [5, 5.41) is 19.2. The van der Waals surface area contributed by atoms with Crippen molar-refractivity contribution in [1.82, 2.24) is 10.6 Å². The molecule has 29 heavy (non-hydrogen) atoms. The number of Topliss-reactive ketones (excluding diaryl/α,β-unsaturated/α-hetero) is 1. The van der Waals surface area contributed by atoms with Gasteiger partial charge in [0.05, 0.1) is 12.6 Å². The number of carbonyl (C=O) groups excluding carboxylic acids is 3. The molecule has 3 N–H and O–H groups in total. The van der Waals surface area contributed by atoms with Crippen LogP contribution in [-0.4, -0.2) is 53.0 Å². The molecule has 2 rings (SSSR count). The Kier molecular flexibility index (Phi) is 6.91. The Morgan fingerprint density at radius 3 is 2.41 bits per heavy atom. The number of alkyl carbamates (subject to hydrolysis) is 1. The highest BCUT2D eigenvalue weighted by atomic mass is 16.6. The average Bonchev–Trinajstić information content (AvgIpc) is 3.05. The third-order valence-electron chi connectivity index (χ3n) is 4.41. The van der Waals surface area contributed by atoms with Crippen molar-refractivity contribution in [2.24, 2.45) is 5.92 Å². The van der Waals surface area contributed by atoms with Crippen LogP contribution in [0.3, 0.4) is 0 Å². The molecule has 1 heterocycles. The fourth-order valence-corrected chi connectivity index (χ4v) is 3.17. The van der Waals surface area contributed by atoms with Gasteiger partial charge < -0.3 is 10.1 Å². The summed E-state index contributed by atoms with van der Waals surface area (Å²) in [6, 6.07) is 5.63. The molecule has 2 unspecified atom stereocenters. The fraction of sp³-hybridized carbons (Fsp3) is 0.526. The predicted molar refractivity (Wildman–Crippen MR) is 105 cm³/mol. The van der Waals surface area contributed by atoms with Crippen LogP contribution in [0.25, 0.3) is 0 Å². The number of rotatable bonds is 6. The van der Waals surface area contributed by atoms with Crippen LogP contribution < -0.4 is 16.0 Å². The van der Waals surface area contributed by atoms with Gasteiger partial charge in [0, 0.05) is 10.6 Å². The highest BCUT2D eigenvalue weighted by Crippen LogP contribution is 2.23. The Bertz CT molecular complexity index is 777. The van der Waals surface area contributed by atoms with Crippen LogP contribution >= 0.6 is 0 Å². The summed E-state index contributed by atoms with van der Waals surface area (Å²) < 4.78 is 5.03. The molecule has 2 amide bonds. The number of nitrogens with one attached hydrogen (secondary N) is 3. The minimum Gasteiger partial charge on any atom is -0.444 e. The van der Waals surface area contributed by atoms with E-state index in [9.17, 15) is 24.5 Å². The molecule has 0 bridgehead atoms. The molecular formula is C19H26N4O6. The van der Waals surface area contributed by atoms with E-state index < -0.39 is 52.4 Å². The first kappa shape index (κ1) is 22.3.